The van der Waals surface area contributed by atoms with Crippen molar-refractivity contribution < 1.29 is 9.18 Å². The lowest BCUT2D eigenvalue weighted by Crippen LogP contribution is -2.38. The molecule has 2 heterocycles. The SMILES string of the molecule is N#Cc1c(F)cccc1N1CCC(C(=O)Nc2ccc(Br)cn2)CC1. The maximum atomic E-state index is 13.8. The number of amides is 1. The van der Waals surface area contributed by atoms with E-state index < -0.39 is 5.82 Å². The molecule has 0 aliphatic carbocycles. The van der Waals surface area contributed by atoms with Crippen LogP contribution in [0.2, 0.25) is 0 Å². The van der Waals surface area contributed by atoms with E-state index in [4.69, 9.17) is 5.26 Å². The zero-order valence-electron chi connectivity index (χ0n) is 13.4. The number of benzene rings is 1. The number of piperidine rings is 1. The van der Waals surface area contributed by atoms with Crippen LogP contribution >= 0.6 is 15.9 Å². The highest BCUT2D eigenvalue weighted by Gasteiger charge is 2.27. The van der Waals surface area contributed by atoms with Crippen molar-refractivity contribution in [2.75, 3.05) is 23.3 Å². The predicted octanol–water partition coefficient (Wildman–Crippen LogP) is 3.71. The van der Waals surface area contributed by atoms with E-state index in [-0.39, 0.29) is 17.4 Å². The molecule has 1 saturated heterocycles. The second-order valence-corrected chi connectivity index (χ2v) is 6.77. The average Bonchev–Trinajstić information content (AvgIpc) is 2.63. The molecular formula is C18H16BrFN4O. The first-order valence-corrected chi connectivity index (χ1v) is 8.74. The second-order valence-electron chi connectivity index (χ2n) is 5.86. The van der Waals surface area contributed by atoms with Gasteiger partial charge in [0.15, 0.2) is 0 Å². The Morgan fingerprint density at radius 2 is 2.08 bits per heavy atom. The molecule has 0 radical (unpaired) electrons. The topological polar surface area (TPSA) is 69.0 Å². The number of carbonyl (C=O) groups excluding carboxylic acids is 1. The summed E-state index contributed by atoms with van der Waals surface area (Å²) >= 11 is 3.30. The summed E-state index contributed by atoms with van der Waals surface area (Å²) in [5.41, 5.74) is 0.653. The molecule has 0 spiro atoms. The Kier molecular flexibility index (Phi) is 5.29. The van der Waals surface area contributed by atoms with Gasteiger partial charge in [0.25, 0.3) is 0 Å². The molecule has 1 aromatic heterocycles. The van der Waals surface area contributed by atoms with Gasteiger partial charge in [-0.15, -0.1) is 0 Å². The quantitative estimate of drug-likeness (QED) is 0.849. The third-order valence-electron chi connectivity index (χ3n) is 4.29. The number of nitrogens with one attached hydrogen (secondary N) is 1. The number of nitrogens with zero attached hydrogens (tertiary/aromatic N) is 3. The van der Waals surface area contributed by atoms with Gasteiger partial charge in [-0.25, -0.2) is 9.37 Å². The van der Waals surface area contributed by atoms with E-state index in [1.165, 1.54) is 6.07 Å². The van der Waals surface area contributed by atoms with Crippen LogP contribution in [-0.2, 0) is 4.79 Å². The zero-order chi connectivity index (χ0) is 17.8. The molecule has 2 aromatic rings. The van der Waals surface area contributed by atoms with Gasteiger partial charge in [0, 0.05) is 29.7 Å². The minimum Gasteiger partial charge on any atom is -0.370 e. The molecule has 0 atom stereocenters. The van der Waals surface area contributed by atoms with Crippen molar-refractivity contribution in [2.24, 2.45) is 5.92 Å². The lowest BCUT2D eigenvalue weighted by Gasteiger charge is -2.33. The Balaban J connectivity index is 1.62. The Morgan fingerprint density at radius 3 is 2.72 bits per heavy atom. The standard InChI is InChI=1S/C18H16BrFN4O/c19-13-4-5-17(22-11-13)23-18(25)12-6-8-24(9-7-12)16-3-1-2-15(20)14(16)10-21/h1-5,11-12H,6-9H2,(H,22,23,25). The zero-order valence-corrected chi connectivity index (χ0v) is 15.0. The number of aromatic nitrogens is 1. The van der Waals surface area contributed by atoms with E-state index in [1.807, 2.05) is 17.0 Å². The molecule has 0 saturated carbocycles. The summed E-state index contributed by atoms with van der Waals surface area (Å²) in [6, 6.07) is 10.1. The van der Waals surface area contributed by atoms with Crippen LogP contribution in [-0.4, -0.2) is 24.0 Å². The Morgan fingerprint density at radius 1 is 1.32 bits per heavy atom. The normalized spacial score (nSPS) is 14.8. The molecule has 1 N–H and O–H groups in total. The van der Waals surface area contributed by atoms with Crippen LogP contribution in [0.25, 0.3) is 0 Å². The molecule has 1 aliphatic rings. The maximum Gasteiger partial charge on any atom is 0.228 e. The van der Waals surface area contributed by atoms with E-state index in [1.54, 1.807) is 24.4 Å². The van der Waals surface area contributed by atoms with Crippen molar-refractivity contribution in [3.8, 4) is 6.07 Å². The van der Waals surface area contributed by atoms with Crippen molar-refractivity contribution in [1.29, 1.82) is 5.26 Å². The predicted molar refractivity (Wildman–Crippen MR) is 96.6 cm³/mol. The Labute approximate surface area is 153 Å². The summed E-state index contributed by atoms with van der Waals surface area (Å²) in [5, 5.41) is 12.0. The number of anilines is 2. The fourth-order valence-electron chi connectivity index (χ4n) is 2.95. The van der Waals surface area contributed by atoms with E-state index >= 15 is 0 Å². The monoisotopic (exact) mass is 402 g/mol. The van der Waals surface area contributed by atoms with E-state index in [0.29, 0.717) is 37.4 Å². The summed E-state index contributed by atoms with van der Waals surface area (Å²) in [7, 11) is 0. The van der Waals surface area contributed by atoms with E-state index in [0.717, 1.165) is 4.47 Å². The van der Waals surface area contributed by atoms with Crippen molar-refractivity contribution >= 4 is 33.3 Å². The van der Waals surface area contributed by atoms with Crippen molar-refractivity contribution in [3.05, 3.63) is 52.4 Å². The molecule has 1 aromatic carbocycles. The first-order chi connectivity index (χ1) is 12.1. The van der Waals surface area contributed by atoms with Gasteiger partial charge in [-0.1, -0.05) is 6.07 Å². The molecule has 1 fully saturated rings. The van der Waals surface area contributed by atoms with Gasteiger partial charge < -0.3 is 10.2 Å². The van der Waals surface area contributed by atoms with Crippen LogP contribution in [0.3, 0.4) is 0 Å². The molecule has 25 heavy (non-hydrogen) atoms. The fraction of sp³-hybridized carbons (Fsp3) is 0.278. The summed E-state index contributed by atoms with van der Waals surface area (Å²) in [6.07, 6.45) is 2.92. The van der Waals surface area contributed by atoms with Crippen LogP contribution in [0.4, 0.5) is 15.9 Å². The highest BCUT2D eigenvalue weighted by Crippen LogP contribution is 2.28. The molecule has 0 bridgehead atoms. The number of hydrogen-bond donors (Lipinski definition) is 1. The molecule has 1 amide bonds. The van der Waals surface area contributed by atoms with Crippen LogP contribution in [0.15, 0.2) is 41.0 Å². The summed E-state index contributed by atoms with van der Waals surface area (Å²) in [5.74, 6) is -0.177. The van der Waals surface area contributed by atoms with Gasteiger partial charge in [0.1, 0.15) is 23.3 Å². The van der Waals surface area contributed by atoms with Crippen LogP contribution < -0.4 is 10.2 Å². The van der Waals surface area contributed by atoms with Gasteiger partial charge in [0.05, 0.1) is 5.69 Å². The molecule has 0 unspecified atom stereocenters. The molecule has 3 rings (SSSR count). The van der Waals surface area contributed by atoms with Crippen molar-refractivity contribution in [3.63, 3.8) is 0 Å². The number of nitriles is 1. The first-order valence-electron chi connectivity index (χ1n) is 7.94. The first kappa shape index (κ1) is 17.4. The maximum absolute atomic E-state index is 13.8. The van der Waals surface area contributed by atoms with E-state index in [9.17, 15) is 9.18 Å². The molecule has 128 valence electrons. The average molecular weight is 403 g/mol. The summed E-state index contributed by atoms with van der Waals surface area (Å²) < 4.78 is 14.6. The number of hydrogen-bond acceptors (Lipinski definition) is 4. The lowest BCUT2D eigenvalue weighted by atomic mass is 9.95. The van der Waals surface area contributed by atoms with Crippen molar-refractivity contribution in [2.45, 2.75) is 12.8 Å². The largest absolute Gasteiger partial charge is 0.370 e. The van der Waals surface area contributed by atoms with Gasteiger partial charge in [-0.2, -0.15) is 5.26 Å². The van der Waals surface area contributed by atoms with Crippen LogP contribution in [0.1, 0.15) is 18.4 Å². The molecular weight excluding hydrogens is 387 g/mol. The number of rotatable bonds is 3. The summed E-state index contributed by atoms with van der Waals surface area (Å²) in [6.45, 7) is 1.20. The van der Waals surface area contributed by atoms with Gasteiger partial charge in [-0.05, 0) is 53.0 Å². The number of halogens is 2. The smallest absolute Gasteiger partial charge is 0.228 e. The molecule has 5 nitrogen and oxygen atoms in total. The lowest BCUT2D eigenvalue weighted by molar-refractivity contribution is -0.120. The van der Waals surface area contributed by atoms with Gasteiger partial charge in [0.2, 0.25) is 5.91 Å². The van der Waals surface area contributed by atoms with E-state index in [2.05, 4.69) is 26.2 Å². The van der Waals surface area contributed by atoms with Crippen LogP contribution in [0, 0.1) is 23.1 Å². The second kappa shape index (κ2) is 7.62. The van der Waals surface area contributed by atoms with Crippen LogP contribution in [0.5, 0.6) is 0 Å². The minimum absolute atomic E-state index is 0.0597. The highest BCUT2D eigenvalue weighted by molar-refractivity contribution is 9.10. The molecule has 1 aliphatic heterocycles. The number of carbonyl (C=O) groups is 1. The summed E-state index contributed by atoms with van der Waals surface area (Å²) in [4.78, 5) is 18.5. The third-order valence-corrected chi connectivity index (χ3v) is 4.76. The molecule has 7 heteroatoms. The number of pyridine rings is 1. The van der Waals surface area contributed by atoms with Gasteiger partial charge >= 0.3 is 0 Å². The van der Waals surface area contributed by atoms with Crippen molar-refractivity contribution in [1.82, 2.24) is 4.98 Å². The third kappa shape index (κ3) is 3.97. The van der Waals surface area contributed by atoms with Gasteiger partial charge in [-0.3, -0.25) is 4.79 Å². The fourth-order valence-corrected chi connectivity index (χ4v) is 3.18. The Bertz CT molecular complexity index is 811. The Hall–Kier alpha value is -2.46. The highest BCUT2D eigenvalue weighted by atomic mass is 79.9. The minimum atomic E-state index is -0.513.